The largest absolute Gasteiger partial charge is 0.352 e. The molecule has 2 heterocycles. The van der Waals surface area contributed by atoms with E-state index in [4.69, 9.17) is 0 Å². The lowest BCUT2D eigenvalue weighted by atomic mass is 10.0. The number of rotatable bonds is 5. The molecule has 1 N–H and O–H groups in total. The third-order valence-electron chi connectivity index (χ3n) is 4.04. The van der Waals surface area contributed by atoms with Gasteiger partial charge in [0.05, 0.1) is 0 Å². The van der Waals surface area contributed by atoms with Crippen molar-refractivity contribution < 1.29 is 13.6 Å². The number of hydrogen-bond acceptors (Lipinski definition) is 5. The minimum atomic E-state index is -0.831. The molecule has 0 aliphatic carbocycles. The van der Waals surface area contributed by atoms with Crippen LogP contribution in [-0.4, -0.2) is 50.1 Å². The maximum absolute atomic E-state index is 13.2. The molecule has 0 atom stereocenters. The Kier molecular flexibility index (Phi) is 5.09. The maximum atomic E-state index is 13.2. The van der Waals surface area contributed by atoms with Crippen LogP contribution in [0, 0.1) is 11.6 Å². The zero-order chi connectivity index (χ0) is 16.9. The van der Waals surface area contributed by atoms with Crippen LogP contribution in [0.15, 0.2) is 24.5 Å². The van der Waals surface area contributed by atoms with Gasteiger partial charge in [-0.1, -0.05) is 6.07 Å². The third-order valence-corrected chi connectivity index (χ3v) is 4.04. The lowest BCUT2D eigenvalue weighted by molar-refractivity contribution is -0.122. The highest BCUT2D eigenvalue weighted by Crippen LogP contribution is 2.15. The first kappa shape index (κ1) is 16.4. The monoisotopic (exact) mass is 336 g/mol. The van der Waals surface area contributed by atoms with Gasteiger partial charge in [-0.05, 0) is 41.0 Å². The molecular formula is C15H18F2N6O. The molecule has 128 valence electrons. The molecule has 9 heteroatoms. The molecule has 1 fully saturated rings. The SMILES string of the molecule is O=C(Cn1cnnn1)NC1CCN(Cc2ccc(F)c(F)c2)CC1. The number of hydrogen-bond donors (Lipinski definition) is 1. The molecule has 1 aromatic carbocycles. The van der Waals surface area contributed by atoms with E-state index < -0.39 is 11.6 Å². The van der Waals surface area contributed by atoms with Crippen LogP contribution in [0.1, 0.15) is 18.4 Å². The molecule has 0 unspecified atom stereocenters. The fourth-order valence-electron chi connectivity index (χ4n) is 2.80. The second kappa shape index (κ2) is 7.43. The van der Waals surface area contributed by atoms with E-state index in [2.05, 4.69) is 25.7 Å². The number of halogens is 2. The van der Waals surface area contributed by atoms with Crippen molar-refractivity contribution >= 4 is 5.91 Å². The van der Waals surface area contributed by atoms with Crippen molar-refractivity contribution in [2.75, 3.05) is 13.1 Å². The van der Waals surface area contributed by atoms with Crippen molar-refractivity contribution in [3.63, 3.8) is 0 Å². The Balaban J connectivity index is 1.43. The molecule has 24 heavy (non-hydrogen) atoms. The number of carbonyl (C=O) groups excluding carboxylic acids is 1. The van der Waals surface area contributed by atoms with Crippen molar-refractivity contribution in [1.82, 2.24) is 30.4 Å². The van der Waals surface area contributed by atoms with Gasteiger partial charge in [-0.2, -0.15) is 0 Å². The Morgan fingerprint density at radius 1 is 1.25 bits per heavy atom. The minimum Gasteiger partial charge on any atom is -0.352 e. The van der Waals surface area contributed by atoms with E-state index >= 15 is 0 Å². The summed E-state index contributed by atoms with van der Waals surface area (Å²) in [5, 5.41) is 13.6. The van der Waals surface area contributed by atoms with Gasteiger partial charge in [0.1, 0.15) is 12.9 Å². The zero-order valence-corrected chi connectivity index (χ0v) is 13.0. The van der Waals surface area contributed by atoms with Crippen molar-refractivity contribution in [3.8, 4) is 0 Å². The van der Waals surface area contributed by atoms with Crippen LogP contribution in [0.3, 0.4) is 0 Å². The van der Waals surface area contributed by atoms with Crippen LogP contribution in [0.2, 0.25) is 0 Å². The molecule has 0 bridgehead atoms. The van der Waals surface area contributed by atoms with E-state index in [1.54, 1.807) is 6.07 Å². The topological polar surface area (TPSA) is 75.9 Å². The highest BCUT2D eigenvalue weighted by Gasteiger charge is 2.21. The van der Waals surface area contributed by atoms with Crippen molar-refractivity contribution in [3.05, 3.63) is 41.7 Å². The van der Waals surface area contributed by atoms with Crippen LogP contribution < -0.4 is 5.32 Å². The first-order valence-electron chi connectivity index (χ1n) is 7.76. The summed E-state index contributed by atoms with van der Waals surface area (Å²) in [5.74, 6) is -1.78. The number of likely N-dealkylation sites (tertiary alicyclic amines) is 1. The summed E-state index contributed by atoms with van der Waals surface area (Å²) in [7, 11) is 0. The third kappa shape index (κ3) is 4.31. The Morgan fingerprint density at radius 2 is 2.04 bits per heavy atom. The highest BCUT2D eigenvalue weighted by molar-refractivity contribution is 5.75. The van der Waals surface area contributed by atoms with Crippen LogP contribution >= 0.6 is 0 Å². The predicted octanol–water partition coefficient (Wildman–Crippen LogP) is 0.732. The predicted molar refractivity (Wildman–Crippen MR) is 80.6 cm³/mol. The van der Waals surface area contributed by atoms with Crippen molar-refractivity contribution in [2.24, 2.45) is 0 Å². The van der Waals surface area contributed by atoms with E-state index in [0.29, 0.717) is 6.54 Å². The molecule has 1 aliphatic heterocycles. The fraction of sp³-hybridized carbons (Fsp3) is 0.467. The molecule has 1 aromatic heterocycles. The Morgan fingerprint density at radius 3 is 2.71 bits per heavy atom. The van der Waals surface area contributed by atoms with E-state index in [1.165, 1.54) is 17.1 Å². The molecule has 0 saturated carbocycles. The summed E-state index contributed by atoms with van der Waals surface area (Å²) in [6.07, 6.45) is 3.01. The summed E-state index contributed by atoms with van der Waals surface area (Å²) in [5.41, 5.74) is 0.745. The molecule has 1 amide bonds. The fourth-order valence-corrected chi connectivity index (χ4v) is 2.80. The number of amides is 1. The number of aromatic nitrogens is 4. The van der Waals surface area contributed by atoms with Gasteiger partial charge < -0.3 is 5.32 Å². The number of tetrazole rings is 1. The molecule has 0 spiro atoms. The highest BCUT2D eigenvalue weighted by atomic mass is 19.2. The molecular weight excluding hydrogens is 318 g/mol. The Labute approximate surface area is 137 Å². The van der Waals surface area contributed by atoms with Gasteiger partial charge in [0.15, 0.2) is 11.6 Å². The molecule has 0 radical (unpaired) electrons. The summed E-state index contributed by atoms with van der Waals surface area (Å²) < 4.78 is 27.5. The first-order valence-corrected chi connectivity index (χ1v) is 7.76. The lowest BCUT2D eigenvalue weighted by Crippen LogP contribution is -2.45. The number of piperidine rings is 1. The van der Waals surface area contributed by atoms with Gasteiger partial charge in [-0.25, -0.2) is 13.5 Å². The quantitative estimate of drug-likeness (QED) is 0.871. The smallest absolute Gasteiger partial charge is 0.242 e. The van der Waals surface area contributed by atoms with E-state index in [0.717, 1.165) is 37.6 Å². The van der Waals surface area contributed by atoms with Crippen LogP contribution in [0.25, 0.3) is 0 Å². The molecule has 7 nitrogen and oxygen atoms in total. The maximum Gasteiger partial charge on any atom is 0.242 e. The molecule has 3 rings (SSSR count). The summed E-state index contributed by atoms with van der Waals surface area (Å²) >= 11 is 0. The van der Waals surface area contributed by atoms with Crippen molar-refractivity contribution in [1.29, 1.82) is 0 Å². The van der Waals surface area contributed by atoms with Crippen LogP contribution in [-0.2, 0) is 17.9 Å². The Bertz CT molecular complexity index is 685. The summed E-state index contributed by atoms with van der Waals surface area (Å²) in [6.45, 7) is 2.24. The van der Waals surface area contributed by atoms with Gasteiger partial charge in [0.2, 0.25) is 5.91 Å². The van der Waals surface area contributed by atoms with Gasteiger partial charge in [-0.15, -0.1) is 5.10 Å². The first-order chi connectivity index (χ1) is 11.6. The van der Waals surface area contributed by atoms with Crippen LogP contribution in [0.4, 0.5) is 8.78 Å². The standard InChI is InChI=1S/C15H18F2N6O/c16-13-2-1-11(7-14(13)17)8-22-5-3-12(4-6-22)19-15(24)9-23-10-18-20-21-23/h1-2,7,10,12H,3-6,8-9H2,(H,19,24). The molecule has 2 aromatic rings. The van der Waals surface area contributed by atoms with Gasteiger partial charge in [-0.3, -0.25) is 9.69 Å². The summed E-state index contributed by atoms with van der Waals surface area (Å²) in [4.78, 5) is 14.1. The zero-order valence-electron chi connectivity index (χ0n) is 13.0. The average Bonchev–Trinajstić information content (AvgIpc) is 3.06. The number of nitrogens with one attached hydrogen (secondary N) is 1. The summed E-state index contributed by atoms with van der Waals surface area (Å²) in [6, 6.07) is 4.08. The van der Waals surface area contributed by atoms with E-state index in [-0.39, 0.29) is 18.5 Å². The molecule has 1 saturated heterocycles. The second-order valence-electron chi connectivity index (χ2n) is 5.87. The van der Waals surface area contributed by atoms with Crippen molar-refractivity contribution in [2.45, 2.75) is 32.0 Å². The minimum absolute atomic E-state index is 0.0993. The molecule has 1 aliphatic rings. The van der Waals surface area contributed by atoms with E-state index in [9.17, 15) is 13.6 Å². The number of nitrogens with zero attached hydrogens (tertiary/aromatic N) is 5. The average molecular weight is 336 g/mol. The van der Waals surface area contributed by atoms with Crippen LogP contribution in [0.5, 0.6) is 0 Å². The second-order valence-corrected chi connectivity index (χ2v) is 5.87. The van der Waals surface area contributed by atoms with Gasteiger partial charge in [0.25, 0.3) is 0 Å². The lowest BCUT2D eigenvalue weighted by Gasteiger charge is -2.32. The number of benzene rings is 1. The Hall–Kier alpha value is -2.42. The number of carbonyl (C=O) groups is 1. The van der Waals surface area contributed by atoms with Gasteiger partial charge in [0, 0.05) is 25.7 Å². The van der Waals surface area contributed by atoms with E-state index in [1.807, 2.05) is 0 Å². The van der Waals surface area contributed by atoms with Gasteiger partial charge >= 0.3 is 0 Å². The normalized spacial score (nSPS) is 16.2.